The number of rotatable bonds is 6. The van der Waals surface area contributed by atoms with Gasteiger partial charge in [0.1, 0.15) is 11.4 Å². The predicted molar refractivity (Wildman–Crippen MR) is 106 cm³/mol. The number of aryl methyl sites for hydroxylation is 1. The Hall–Kier alpha value is -3.50. The monoisotopic (exact) mass is 398 g/mol. The predicted octanol–water partition coefficient (Wildman–Crippen LogP) is 2.02. The molecule has 0 radical (unpaired) electrons. The van der Waals surface area contributed by atoms with Crippen LogP contribution in [0.1, 0.15) is 15.9 Å². The van der Waals surface area contributed by atoms with Crippen LogP contribution in [-0.4, -0.2) is 24.3 Å². The van der Waals surface area contributed by atoms with Gasteiger partial charge in [-0.3, -0.25) is 4.79 Å². The summed E-state index contributed by atoms with van der Waals surface area (Å²) in [6, 6.07) is 13.4. The third-order valence-electron chi connectivity index (χ3n) is 3.75. The third kappa shape index (κ3) is 4.61. The molecule has 1 amide bonds. The van der Waals surface area contributed by atoms with E-state index in [4.69, 9.17) is 10.9 Å². The van der Waals surface area contributed by atoms with Gasteiger partial charge in [-0.25, -0.2) is 18.5 Å². The topological polar surface area (TPSA) is 153 Å². The molecule has 1 heterocycles. The quantitative estimate of drug-likeness (QED) is 0.495. The van der Waals surface area contributed by atoms with Crippen LogP contribution in [0.5, 0.6) is 0 Å². The minimum absolute atomic E-state index is 0.0515. The minimum atomic E-state index is -3.84. The van der Waals surface area contributed by atoms with Crippen LogP contribution in [0.15, 0.2) is 59.6 Å². The van der Waals surface area contributed by atoms with Crippen molar-refractivity contribution in [2.45, 2.75) is 11.8 Å². The molecule has 2 aromatic carbocycles. The summed E-state index contributed by atoms with van der Waals surface area (Å²) in [6.07, 6.45) is 1.29. The second kappa shape index (κ2) is 7.62. The summed E-state index contributed by atoms with van der Waals surface area (Å²) in [7, 11) is -3.84. The highest BCUT2D eigenvalue weighted by molar-refractivity contribution is 7.89. The van der Waals surface area contributed by atoms with Gasteiger partial charge in [0.05, 0.1) is 4.90 Å². The average Bonchev–Trinajstić information content (AvgIpc) is 2.61. The summed E-state index contributed by atoms with van der Waals surface area (Å²) in [6.45, 7) is 1.94. The summed E-state index contributed by atoms with van der Waals surface area (Å²) < 4.78 is 23.0. The van der Waals surface area contributed by atoms with Gasteiger partial charge < -0.3 is 16.4 Å². The van der Waals surface area contributed by atoms with Crippen molar-refractivity contribution < 1.29 is 13.2 Å². The van der Waals surface area contributed by atoms with Gasteiger partial charge in [0.2, 0.25) is 16.0 Å². The highest BCUT2D eigenvalue weighted by Gasteiger charge is 2.14. The molecular formula is C18H18N6O3S. The number of nitrogens with two attached hydrogens (primary N) is 2. The number of benzene rings is 2. The lowest BCUT2D eigenvalue weighted by atomic mass is 10.2. The fourth-order valence-corrected chi connectivity index (χ4v) is 3.02. The molecule has 1 aromatic heterocycles. The van der Waals surface area contributed by atoms with Crippen LogP contribution in [0.3, 0.4) is 0 Å². The van der Waals surface area contributed by atoms with Crippen molar-refractivity contribution in [2.75, 3.05) is 10.6 Å². The second-order valence-corrected chi connectivity index (χ2v) is 7.57. The highest BCUT2D eigenvalue weighted by Crippen LogP contribution is 2.22. The van der Waals surface area contributed by atoms with Gasteiger partial charge in [0.25, 0.3) is 5.91 Å². The van der Waals surface area contributed by atoms with Gasteiger partial charge in [0.15, 0.2) is 0 Å². The van der Waals surface area contributed by atoms with E-state index in [1.807, 2.05) is 31.2 Å². The van der Waals surface area contributed by atoms with Crippen LogP contribution in [0.2, 0.25) is 0 Å². The number of primary amides is 1. The molecule has 0 saturated carbocycles. The summed E-state index contributed by atoms with van der Waals surface area (Å²) >= 11 is 0. The van der Waals surface area contributed by atoms with Crippen LogP contribution in [0, 0.1) is 6.92 Å². The zero-order chi connectivity index (χ0) is 20.3. The van der Waals surface area contributed by atoms with E-state index in [0.29, 0.717) is 5.69 Å². The van der Waals surface area contributed by atoms with Crippen LogP contribution >= 0.6 is 0 Å². The van der Waals surface area contributed by atoms with E-state index >= 15 is 0 Å². The first-order valence-corrected chi connectivity index (χ1v) is 9.67. The summed E-state index contributed by atoms with van der Waals surface area (Å²) in [5.74, 6) is -0.317. The lowest BCUT2D eigenvalue weighted by Crippen LogP contribution is -2.16. The number of nitrogens with zero attached hydrogens (tertiary/aromatic N) is 2. The van der Waals surface area contributed by atoms with Gasteiger partial charge in [-0.2, -0.15) is 4.98 Å². The van der Waals surface area contributed by atoms with E-state index < -0.39 is 15.9 Å². The largest absolute Gasteiger partial charge is 0.365 e. The molecule has 0 fully saturated rings. The normalized spacial score (nSPS) is 11.1. The van der Waals surface area contributed by atoms with Crippen LogP contribution in [0.25, 0.3) is 0 Å². The van der Waals surface area contributed by atoms with Gasteiger partial charge in [0, 0.05) is 17.6 Å². The molecular weight excluding hydrogens is 380 g/mol. The number of carbonyl (C=O) groups is 1. The number of hydrogen-bond donors (Lipinski definition) is 4. The minimum Gasteiger partial charge on any atom is -0.365 e. The fourth-order valence-electron chi connectivity index (χ4n) is 2.46. The van der Waals surface area contributed by atoms with Crippen LogP contribution in [0.4, 0.5) is 23.1 Å². The first-order valence-electron chi connectivity index (χ1n) is 8.13. The fraction of sp³-hybridized carbons (Fsp3) is 0.0556. The molecule has 0 saturated heterocycles. The zero-order valence-electron chi connectivity index (χ0n) is 14.9. The smallest absolute Gasteiger partial charge is 0.254 e. The summed E-state index contributed by atoms with van der Waals surface area (Å²) in [5.41, 5.74) is 7.69. The molecule has 3 rings (SSSR count). The summed E-state index contributed by atoms with van der Waals surface area (Å²) in [4.78, 5) is 20.0. The number of hydrogen-bond acceptors (Lipinski definition) is 7. The lowest BCUT2D eigenvalue weighted by molar-refractivity contribution is 0.100. The van der Waals surface area contributed by atoms with E-state index in [2.05, 4.69) is 20.6 Å². The number of carbonyl (C=O) groups excluding carboxylic acids is 1. The number of aromatic nitrogens is 2. The Morgan fingerprint density at radius 2 is 1.71 bits per heavy atom. The Balaban J connectivity index is 1.94. The molecule has 0 unspecified atom stereocenters. The summed E-state index contributed by atoms with van der Waals surface area (Å²) in [5, 5.41) is 11.1. The lowest BCUT2D eigenvalue weighted by Gasteiger charge is -2.12. The van der Waals surface area contributed by atoms with Crippen molar-refractivity contribution in [3.05, 3.63) is 65.9 Å². The maximum atomic E-state index is 11.7. The number of anilines is 4. The van der Waals surface area contributed by atoms with Gasteiger partial charge in [-0.15, -0.1) is 0 Å². The molecule has 0 aliphatic carbocycles. The zero-order valence-corrected chi connectivity index (χ0v) is 15.7. The molecule has 6 N–H and O–H groups in total. The Labute approximate surface area is 161 Å². The van der Waals surface area contributed by atoms with E-state index in [9.17, 15) is 13.2 Å². The number of nitrogens with one attached hydrogen (secondary N) is 2. The third-order valence-corrected chi connectivity index (χ3v) is 4.66. The molecule has 144 valence electrons. The molecule has 0 bridgehead atoms. The van der Waals surface area contributed by atoms with E-state index in [1.54, 1.807) is 6.07 Å². The molecule has 28 heavy (non-hydrogen) atoms. The van der Waals surface area contributed by atoms with Crippen molar-refractivity contribution in [3.8, 4) is 0 Å². The first-order chi connectivity index (χ1) is 13.2. The maximum absolute atomic E-state index is 11.7. The molecule has 0 aliphatic rings. The van der Waals surface area contributed by atoms with E-state index in [-0.39, 0.29) is 22.2 Å². The van der Waals surface area contributed by atoms with E-state index in [1.165, 1.54) is 24.4 Å². The number of sulfonamides is 1. The second-order valence-electron chi connectivity index (χ2n) is 6.01. The Morgan fingerprint density at radius 1 is 1.04 bits per heavy atom. The van der Waals surface area contributed by atoms with Gasteiger partial charge in [-0.05, 0) is 42.8 Å². The number of amides is 1. The van der Waals surface area contributed by atoms with Crippen molar-refractivity contribution in [3.63, 3.8) is 0 Å². The number of primary sulfonamides is 1. The SMILES string of the molecule is Cc1cccc(Nc2nc(Nc3cccc(S(N)(=O)=O)c3)ncc2C(N)=O)c1. The Bertz CT molecular complexity index is 1150. The first kappa shape index (κ1) is 19.3. The van der Waals surface area contributed by atoms with Crippen molar-refractivity contribution in [2.24, 2.45) is 10.9 Å². The van der Waals surface area contributed by atoms with Gasteiger partial charge in [-0.1, -0.05) is 18.2 Å². The molecule has 10 heteroatoms. The van der Waals surface area contributed by atoms with Crippen molar-refractivity contribution in [1.82, 2.24) is 9.97 Å². The Morgan fingerprint density at radius 3 is 2.36 bits per heavy atom. The standard InChI is InChI=1S/C18H18N6O3S/c1-11-4-2-5-12(8-11)22-17-15(16(19)25)10-21-18(24-17)23-13-6-3-7-14(9-13)28(20,26)27/h2-10H,1H3,(H2,19,25)(H2,20,26,27)(H2,21,22,23,24). The molecule has 0 spiro atoms. The van der Waals surface area contributed by atoms with Crippen LogP contribution < -0.4 is 21.5 Å². The molecule has 0 aliphatic heterocycles. The molecule has 0 atom stereocenters. The van der Waals surface area contributed by atoms with E-state index in [0.717, 1.165) is 11.3 Å². The van der Waals surface area contributed by atoms with Gasteiger partial charge >= 0.3 is 0 Å². The highest BCUT2D eigenvalue weighted by atomic mass is 32.2. The Kier molecular flexibility index (Phi) is 5.25. The molecule has 3 aromatic rings. The maximum Gasteiger partial charge on any atom is 0.254 e. The van der Waals surface area contributed by atoms with Crippen LogP contribution in [-0.2, 0) is 10.0 Å². The molecule has 9 nitrogen and oxygen atoms in total. The average molecular weight is 398 g/mol. The van der Waals surface area contributed by atoms with Crippen molar-refractivity contribution in [1.29, 1.82) is 0 Å². The van der Waals surface area contributed by atoms with Crippen molar-refractivity contribution >= 4 is 39.1 Å².